The van der Waals surface area contributed by atoms with Gasteiger partial charge >= 0.3 is 0 Å². The number of unbranched alkanes of at least 4 members (excludes halogenated alkanes) is 1. The molecule has 3 N–H and O–H groups in total. The molecule has 0 aromatic heterocycles. The van der Waals surface area contributed by atoms with Gasteiger partial charge < -0.3 is 11.1 Å². The van der Waals surface area contributed by atoms with Crippen molar-refractivity contribution in [3.63, 3.8) is 0 Å². The third-order valence-electron chi connectivity index (χ3n) is 5.73. The van der Waals surface area contributed by atoms with E-state index in [0.29, 0.717) is 5.92 Å². The Labute approximate surface area is 153 Å². The predicted molar refractivity (Wildman–Crippen MR) is 107 cm³/mol. The summed E-state index contributed by atoms with van der Waals surface area (Å²) in [5, 5.41) is 3.10. The van der Waals surface area contributed by atoms with Crippen LogP contribution in [0.3, 0.4) is 0 Å². The Bertz CT molecular complexity index is 515. The Morgan fingerprint density at radius 2 is 1.80 bits per heavy atom. The van der Waals surface area contributed by atoms with Crippen molar-refractivity contribution in [3.8, 4) is 0 Å². The second-order valence-electron chi connectivity index (χ2n) is 8.16. The van der Waals surface area contributed by atoms with Crippen molar-refractivity contribution in [2.45, 2.75) is 78.2 Å². The molecule has 1 saturated carbocycles. The number of nitrogens with one attached hydrogen (secondary N) is 1. The number of amides is 1. The predicted octanol–water partition coefficient (Wildman–Crippen LogP) is 5.15. The van der Waals surface area contributed by atoms with Crippen LogP contribution in [0, 0.1) is 17.8 Å². The fraction of sp³-hybridized carbons (Fsp3) is 0.682. The molecular formula is C22H36N2O. The van der Waals surface area contributed by atoms with Crippen molar-refractivity contribution in [3.05, 3.63) is 29.8 Å². The van der Waals surface area contributed by atoms with Crippen molar-refractivity contribution in [1.82, 2.24) is 0 Å². The molecular weight excluding hydrogens is 308 g/mol. The van der Waals surface area contributed by atoms with E-state index in [0.717, 1.165) is 30.9 Å². The minimum absolute atomic E-state index is 0.184. The van der Waals surface area contributed by atoms with Crippen LogP contribution in [0.1, 0.15) is 71.3 Å². The molecule has 0 radical (unpaired) electrons. The summed E-state index contributed by atoms with van der Waals surface area (Å²) < 4.78 is 0. The van der Waals surface area contributed by atoms with Gasteiger partial charge in [0.15, 0.2) is 0 Å². The van der Waals surface area contributed by atoms with E-state index in [1.165, 1.54) is 37.7 Å². The summed E-state index contributed by atoms with van der Waals surface area (Å²) in [4.78, 5) is 12.5. The van der Waals surface area contributed by atoms with Crippen LogP contribution in [-0.4, -0.2) is 11.9 Å². The smallest absolute Gasteiger partial charge is 0.227 e. The summed E-state index contributed by atoms with van der Waals surface area (Å²) >= 11 is 0. The summed E-state index contributed by atoms with van der Waals surface area (Å²) in [6, 6.07) is 8.36. The fourth-order valence-electron chi connectivity index (χ4n) is 3.68. The van der Waals surface area contributed by atoms with Gasteiger partial charge in [-0.05, 0) is 61.6 Å². The van der Waals surface area contributed by atoms with Crippen molar-refractivity contribution >= 4 is 11.6 Å². The molecule has 25 heavy (non-hydrogen) atoms. The number of rotatable bonds is 8. The number of nitrogens with two attached hydrogens (primary N) is 1. The number of carbonyl (C=O) groups excluding carboxylic acids is 1. The van der Waals surface area contributed by atoms with Crippen LogP contribution in [0.25, 0.3) is 0 Å². The van der Waals surface area contributed by atoms with Crippen molar-refractivity contribution in [2.75, 3.05) is 5.32 Å². The Morgan fingerprint density at radius 3 is 2.36 bits per heavy atom. The zero-order valence-corrected chi connectivity index (χ0v) is 16.3. The highest BCUT2D eigenvalue weighted by atomic mass is 16.1. The molecule has 1 atom stereocenters. The van der Waals surface area contributed by atoms with Gasteiger partial charge in [0.05, 0.1) is 0 Å². The average Bonchev–Trinajstić information content (AvgIpc) is 2.61. The van der Waals surface area contributed by atoms with Gasteiger partial charge in [-0.15, -0.1) is 0 Å². The fourth-order valence-corrected chi connectivity index (χ4v) is 3.68. The van der Waals surface area contributed by atoms with Crippen LogP contribution in [0.5, 0.6) is 0 Å². The lowest BCUT2D eigenvalue weighted by Crippen LogP contribution is -2.28. The highest BCUT2D eigenvalue weighted by molar-refractivity contribution is 5.92. The Balaban J connectivity index is 1.79. The molecule has 1 unspecified atom stereocenters. The number of hydrogen-bond donors (Lipinski definition) is 2. The molecule has 1 aliphatic carbocycles. The third-order valence-corrected chi connectivity index (χ3v) is 5.73. The molecule has 1 amide bonds. The van der Waals surface area contributed by atoms with Gasteiger partial charge in [0.1, 0.15) is 0 Å². The largest absolute Gasteiger partial charge is 0.327 e. The second kappa shape index (κ2) is 9.96. The van der Waals surface area contributed by atoms with E-state index in [-0.39, 0.29) is 17.9 Å². The molecule has 140 valence electrons. The first kappa shape index (κ1) is 20.0. The maximum absolute atomic E-state index is 12.5. The van der Waals surface area contributed by atoms with Crippen LogP contribution in [-0.2, 0) is 11.2 Å². The second-order valence-corrected chi connectivity index (χ2v) is 8.16. The number of carbonyl (C=O) groups is 1. The number of benzene rings is 1. The van der Waals surface area contributed by atoms with E-state index in [1.807, 2.05) is 12.1 Å². The first-order chi connectivity index (χ1) is 12.0. The maximum Gasteiger partial charge on any atom is 0.227 e. The van der Waals surface area contributed by atoms with Gasteiger partial charge in [-0.25, -0.2) is 0 Å². The zero-order chi connectivity index (χ0) is 18.2. The van der Waals surface area contributed by atoms with Crippen LogP contribution in [0.4, 0.5) is 5.69 Å². The molecule has 1 fully saturated rings. The van der Waals surface area contributed by atoms with Gasteiger partial charge in [-0.2, -0.15) is 0 Å². The lowest BCUT2D eigenvalue weighted by atomic mass is 9.79. The van der Waals surface area contributed by atoms with Crippen molar-refractivity contribution in [1.29, 1.82) is 0 Å². The molecule has 3 heteroatoms. The zero-order valence-electron chi connectivity index (χ0n) is 16.3. The van der Waals surface area contributed by atoms with E-state index in [4.69, 9.17) is 5.73 Å². The molecule has 0 heterocycles. The van der Waals surface area contributed by atoms with Crippen molar-refractivity contribution in [2.24, 2.45) is 23.5 Å². The monoisotopic (exact) mass is 344 g/mol. The topological polar surface area (TPSA) is 55.1 Å². The SMILES string of the molecule is CCCCC1CCC(C(=O)Nc2ccc(CC(N)C(C)C)cc2)CC1. The molecule has 1 aromatic carbocycles. The molecule has 0 bridgehead atoms. The van der Waals surface area contributed by atoms with Crippen molar-refractivity contribution < 1.29 is 4.79 Å². The summed E-state index contributed by atoms with van der Waals surface area (Å²) in [5.41, 5.74) is 8.27. The van der Waals surface area contributed by atoms with E-state index < -0.39 is 0 Å². The van der Waals surface area contributed by atoms with Gasteiger partial charge in [-0.3, -0.25) is 4.79 Å². The first-order valence-electron chi connectivity index (χ1n) is 10.1. The van der Waals surface area contributed by atoms with E-state index >= 15 is 0 Å². The van der Waals surface area contributed by atoms with E-state index in [1.54, 1.807) is 0 Å². The summed E-state index contributed by atoms with van der Waals surface area (Å²) in [6.07, 6.45) is 9.34. The van der Waals surface area contributed by atoms with Crippen LogP contribution < -0.4 is 11.1 Å². The van der Waals surface area contributed by atoms with Crippen LogP contribution in [0.2, 0.25) is 0 Å². The molecule has 0 saturated heterocycles. The first-order valence-corrected chi connectivity index (χ1v) is 10.1. The Morgan fingerprint density at radius 1 is 1.16 bits per heavy atom. The van der Waals surface area contributed by atoms with Crippen LogP contribution in [0.15, 0.2) is 24.3 Å². The van der Waals surface area contributed by atoms with Gasteiger partial charge in [0.2, 0.25) is 5.91 Å². The molecule has 1 aromatic rings. The summed E-state index contributed by atoms with van der Waals surface area (Å²) in [6.45, 7) is 6.55. The summed E-state index contributed by atoms with van der Waals surface area (Å²) in [5.74, 6) is 1.70. The average molecular weight is 345 g/mol. The Kier molecular flexibility index (Phi) is 7.95. The van der Waals surface area contributed by atoms with Gasteiger partial charge in [0.25, 0.3) is 0 Å². The molecule has 3 nitrogen and oxygen atoms in total. The standard InChI is InChI=1S/C22H36N2O/c1-4-5-6-17-7-11-19(12-8-17)22(25)24-20-13-9-18(10-14-20)15-21(23)16(2)3/h9-10,13-14,16-17,19,21H,4-8,11-12,15,23H2,1-3H3,(H,24,25). The minimum Gasteiger partial charge on any atom is -0.327 e. The van der Waals surface area contributed by atoms with Gasteiger partial charge in [0, 0.05) is 17.6 Å². The van der Waals surface area contributed by atoms with E-state index in [2.05, 4.69) is 38.2 Å². The summed E-state index contributed by atoms with van der Waals surface area (Å²) in [7, 11) is 0. The highest BCUT2D eigenvalue weighted by Crippen LogP contribution is 2.32. The highest BCUT2D eigenvalue weighted by Gasteiger charge is 2.26. The number of hydrogen-bond acceptors (Lipinski definition) is 2. The molecule has 0 spiro atoms. The van der Waals surface area contributed by atoms with Crippen LogP contribution >= 0.6 is 0 Å². The minimum atomic E-state index is 0.184. The normalized spacial score (nSPS) is 22.0. The third kappa shape index (κ3) is 6.47. The Hall–Kier alpha value is -1.35. The molecule has 0 aliphatic heterocycles. The lowest BCUT2D eigenvalue weighted by Gasteiger charge is -2.27. The lowest BCUT2D eigenvalue weighted by molar-refractivity contribution is -0.121. The number of anilines is 1. The van der Waals surface area contributed by atoms with E-state index in [9.17, 15) is 4.79 Å². The molecule has 2 rings (SSSR count). The maximum atomic E-state index is 12.5. The van der Waals surface area contributed by atoms with Gasteiger partial charge in [-0.1, -0.05) is 52.2 Å². The quantitative estimate of drug-likeness (QED) is 0.685. The molecule has 1 aliphatic rings.